The standard InChI is InChI=1S/C15H19ClN2O4S/c1-3-18(12-6-7-23(21,22)9-12)15(20)14(19)17-11-5-4-10(2)13(16)8-11/h4-5,8,12H,3,6-7,9H2,1-2H3,(H,17,19). The molecule has 6 nitrogen and oxygen atoms in total. The highest BCUT2D eigenvalue weighted by molar-refractivity contribution is 7.91. The number of nitrogens with one attached hydrogen (secondary N) is 1. The Bertz CT molecular complexity index is 733. The number of anilines is 1. The van der Waals surface area contributed by atoms with Crippen molar-refractivity contribution < 1.29 is 18.0 Å². The summed E-state index contributed by atoms with van der Waals surface area (Å²) in [5.41, 5.74) is 1.29. The molecule has 8 heteroatoms. The second-order valence-electron chi connectivity index (χ2n) is 5.57. The van der Waals surface area contributed by atoms with Gasteiger partial charge in [-0.25, -0.2) is 8.42 Å². The zero-order chi connectivity index (χ0) is 17.2. The Hall–Kier alpha value is -1.60. The lowest BCUT2D eigenvalue weighted by Gasteiger charge is -2.26. The third-order valence-electron chi connectivity index (χ3n) is 3.87. The minimum atomic E-state index is -3.12. The van der Waals surface area contributed by atoms with Crippen LogP contribution in [0.1, 0.15) is 18.9 Å². The molecule has 2 rings (SSSR count). The summed E-state index contributed by atoms with van der Waals surface area (Å²) in [6.45, 7) is 3.83. The topological polar surface area (TPSA) is 83.6 Å². The van der Waals surface area contributed by atoms with E-state index in [1.54, 1.807) is 25.1 Å². The maximum absolute atomic E-state index is 12.3. The average molecular weight is 359 g/mol. The molecule has 0 aliphatic carbocycles. The van der Waals surface area contributed by atoms with Crippen molar-refractivity contribution in [2.45, 2.75) is 26.3 Å². The first kappa shape index (κ1) is 17.7. The van der Waals surface area contributed by atoms with Crippen LogP contribution in [0.25, 0.3) is 0 Å². The maximum Gasteiger partial charge on any atom is 0.313 e. The van der Waals surface area contributed by atoms with Crippen molar-refractivity contribution >= 4 is 38.9 Å². The summed E-state index contributed by atoms with van der Waals surface area (Å²) >= 11 is 5.99. The van der Waals surface area contributed by atoms with E-state index in [9.17, 15) is 18.0 Å². The van der Waals surface area contributed by atoms with Crippen LogP contribution in [0, 0.1) is 6.92 Å². The van der Waals surface area contributed by atoms with Gasteiger partial charge in [0.2, 0.25) is 0 Å². The Morgan fingerprint density at radius 3 is 2.61 bits per heavy atom. The van der Waals surface area contributed by atoms with Gasteiger partial charge in [-0.05, 0) is 38.0 Å². The van der Waals surface area contributed by atoms with Gasteiger partial charge < -0.3 is 10.2 Å². The van der Waals surface area contributed by atoms with Crippen LogP contribution in [0.4, 0.5) is 5.69 Å². The summed E-state index contributed by atoms with van der Waals surface area (Å²) in [4.78, 5) is 25.8. The number of hydrogen-bond acceptors (Lipinski definition) is 4. The van der Waals surface area contributed by atoms with E-state index in [0.29, 0.717) is 17.1 Å². The first-order valence-corrected chi connectivity index (χ1v) is 9.52. The molecule has 1 aliphatic rings. The number of benzene rings is 1. The van der Waals surface area contributed by atoms with E-state index >= 15 is 0 Å². The summed E-state index contributed by atoms with van der Waals surface area (Å²) in [5.74, 6) is -1.56. The molecule has 1 aromatic carbocycles. The summed E-state index contributed by atoms with van der Waals surface area (Å²) in [6.07, 6.45) is 0.367. The normalized spacial score (nSPS) is 19.3. The lowest BCUT2D eigenvalue weighted by molar-refractivity contribution is -0.144. The van der Waals surface area contributed by atoms with E-state index in [0.717, 1.165) is 5.56 Å². The van der Waals surface area contributed by atoms with Gasteiger partial charge >= 0.3 is 11.8 Å². The lowest BCUT2D eigenvalue weighted by Crippen LogP contribution is -2.46. The second kappa shape index (κ2) is 6.88. The smallest absolute Gasteiger partial charge is 0.313 e. The average Bonchev–Trinajstić information content (AvgIpc) is 2.83. The Kier molecular flexibility index (Phi) is 5.31. The Balaban J connectivity index is 2.08. The van der Waals surface area contributed by atoms with Crippen molar-refractivity contribution in [1.82, 2.24) is 4.90 Å². The van der Waals surface area contributed by atoms with Crippen molar-refractivity contribution in [2.75, 3.05) is 23.4 Å². The van der Waals surface area contributed by atoms with Crippen LogP contribution in [0.5, 0.6) is 0 Å². The monoisotopic (exact) mass is 358 g/mol. The third-order valence-corrected chi connectivity index (χ3v) is 6.03. The minimum Gasteiger partial charge on any atom is -0.331 e. The molecule has 1 N–H and O–H groups in total. The molecule has 0 spiro atoms. The van der Waals surface area contributed by atoms with Gasteiger partial charge in [-0.15, -0.1) is 0 Å². The van der Waals surface area contributed by atoms with Gasteiger partial charge in [0.05, 0.1) is 11.5 Å². The van der Waals surface area contributed by atoms with Crippen LogP contribution in [-0.4, -0.2) is 49.2 Å². The first-order valence-electron chi connectivity index (χ1n) is 7.32. The molecule has 1 aliphatic heterocycles. The first-order chi connectivity index (χ1) is 10.7. The summed E-state index contributed by atoms with van der Waals surface area (Å²) < 4.78 is 23.1. The Morgan fingerprint density at radius 2 is 2.09 bits per heavy atom. The zero-order valence-corrected chi connectivity index (χ0v) is 14.6. The van der Waals surface area contributed by atoms with E-state index in [2.05, 4.69) is 5.32 Å². The molecule has 23 heavy (non-hydrogen) atoms. The van der Waals surface area contributed by atoms with Gasteiger partial charge in [-0.1, -0.05) is 17.7 Å². The molecule has 1 atom stereocenters. The van der Waals surface area contributed by atoms with Gasteiger partial charge in [0, 0.05) is 23.3 Å². The van der Waals surface area contributed by atoms with Gasteiger partial charge in [-0.3, -0.25) is 9.59 Å². The van der Waals surface area contributed by atoms with Crippen LogP contribution < -0.4 is 5.32 Å². The van der Waals surface area contributed by atoms with Crippen LogP contribution in [-0.2, 0) is 19.4 Å². The van der Waals surface area contributed by atoms with Gasteiger partial charge in [0.15, 0.2) is 9.84 Å². The number of sulfone groups is 1. The number of carbonyl (C=O) groups is 2. The van der Waals surface area contributed by atoms with Crippen molar-refractivity contribution in [1.29, 1.82) is 0 Å². The highest BCUT2D eigenvalue weighted by atomic mass is 35.5. The number of carbonyl (C=O) groups excluding carboxylic acids is 2. The van der Waals surface area contributed by atoms with Crippen LogP contribution in [0.3, 0.4) is 0 Å². The largest absolute Gasteiger partial charge is 0.331 e. The Morgan fingerprint density at radius 1 is 1.39 bits per heavy atom. The van der Waals surface area contributed by atoms with E-state index in [4.69, 9.17) is 11.6 Å². The quantitative estimate of drug-likeness (QED) is 0.832. The van der Waals surface area contributed by atoms with E-state index < -0.39 is 27.7 Å². The van der Waals surface area contributed by atoms with Crippen molar-refractivity contribution in [3.8, 4) is 0 Å². The number of aryl methyl sites for hydroxylation is 1. The molecule has 1 aromatic rings. The summed E-state index contributed by atoms with van der Waals surface area (Å²) in [5, 5.41) is 2.99. The predicted octanol–water partition coefficient (Wildman–Crippen LogP) is 1.62. The molecular weight excluding hydrogens is 340 g/mol. The summed E-state index contributed by atoms with van der Waals surface area (Å²) in [6, 6.07) is 4.52. The van der Waals surface area contributed by atoms with Crippen LogP contribution in [0.2, 0.25) is 5.02 Å². The zero-order valence-electron chi connectivity index (χ0n) is 13.0. The summed E-state index contributed by atoms with van der Waals surface area (Å²) in [7, 11) is -3.12. The number of likely N-dealkylation sites (N-methyl/N-ethyl adjacent to an activating group) is 1. The number of amides is 2. The number of nitrogens with zero attached hydrogens (tertiary/aromatic N) is 1. The molecule has 1 saturated heterocycles. The molecule has 0 radical (unpaired) electrons. The number of rotatable bonds is 3. The number of hydrogen-bond donors (Lipinski definition) is 1. The molecule has 126 valence electrons. The van der Waals surface area contributed by atoms with Crippen molar-refractivity contribution in [3.05, 3.63) is 28.8 Å². The molecule has 0 saturated carbocycles. The fourth-order valence-electron chi connectivity index (χ4n) is 2.57. The lowest BCUT2D eigenvalue weighted by atomic mass is 10.2. The Labute approximate surface area is 140 Å². The molecule has 1 fully saturated rings. The predicted molar refractivity (Wildman–Crippen MR) is 89.3 cm³/mol. The van der Waals surface area contributed by atoms with Gasteiger partial charge in [-0.2, -0.15) is 0 Å². The van der Waals surface area contributed by atoms with Gasteiger partial charge in [0.1, 0.15) is 0 Å². The maximum atomic E-state index is 12.3. The highest BCUT2D eigenvalue weighted by Crippen LogP contribution is 2.21. The fourth-order valence-corrected chi connectivity index (χ4v) is 4.49. The van der Waals surface area contributed by atoms with Crippen LogP contribution >= 0.6 is 11.6 Å². The molecule has 0 bridgehead atoms. The van der Waals surface area contributed by atoms with Crippen molar-refractivity contribution in [3.63, 3.8) is 0 Å². The van der Waals surface area contributed by atoms with E-state index in [1.807, 2.05) is 6.92 Å². The molecular formula is C15H19ClN2O4S. The SMILES string of the molecule is CCN(C(=O)C(=O)Nc1ccc(C)c(Cl)c1)C1CCS(=O)(=O)C1. The van der Waals surface area contributed by atoms with E-state index in [-0.39, 0.29) is 18.1 Å². The third kappa shape index (κ3) is 4.23. The molecule has 1 unspecified atom stereocenters. The number of halogens is 1. The van der Waals surface area contributed by atoms with Crippen molar-refractivity contribution in [2.24, 2.45) is 0 Å². The van der Waals surface area contributed by atoms with E-state index in [1.165, 1.54) is 4.90 Å². The van der Waals surface area contributed by atoms with Crippen LogP contribution in [0.15, 0.2) is 18.2 Å². The fraction of sp³-hybridized carbons (Fsp3) is 0.467. The molecule has 1 heterocycles. The second-order valence-corrected chi connectivity index (χ2v) is 8.20. The molecule has 2 amide bonds. The van der Waals surface area contributed by atoms with Gasteiger partial charge in [0.25, 0.3) is 0 Å². The molecule has 0 aromatic heterocycles. The minimum absolute atomic E-state index is 0.0522. The highest BCUT2D eigenvalue weighted by Gasteiger charge is 2.35.